The van der Waals surface area contributed by atoms with Crippen molar-refractivity contribution >= 4 is 50.6 Å². The Kier molecular flexibility index (Phi) is 6.57. The van der Waals surface area contributed by atoms with Gasteiger partial charge in [-0.15, -0.1) is 0 Å². The number of nitrogens with one attached hydrogen (secondary N) is 1. The van der Waals surface area contributed by atoms with E-state index in [0.29, 0.717) is 18.2 Å². The molecule has 1 aromatic carbocycles. The second kappa shape index (κ2) is 9.32. The van der Waals surface area contributed by atoms with Crippen LogP contribution in [0.1, 0.15) is 12.8 Å². The lowest BCUT2D eigenvalue weighted by Crippen LogP contribution is -2.39. The van der Waals surface area contributed by atoms with Crippen molar-refractivity contribution in [2.45, 2.75) is 12.8 Å². The summed E-state index contributed by atoms with van der Waals surface area (Å²) in [6.45, 7) is 4.69. The maximum absolute atomic E-state index is 13.0. The highest BCUT2D eigenvalue weighted by atomic mass is 79.9. The lowest BCUT2D eigenvalue weighted by atomic mass is 9.95. The number of morpholine rings is 1. The van der Waals surface area contributed by atoms with E-state index in [1.807, 2.05) is 24.3 Å². The zero-order chi connectivity index (χ0) is 20.2. The van der Waals surface area contributed by atoms with Gasteiger partial charge in [-0.2, -0.15) is 0 Å². The van der Waals surface area contributed by atoms with Gasteiger partial charge in [0.2, 0.25) is 5.91 Å². The van der Waals surface area contributed by atoms with E-state index in [4.69, 9.17) is 16.3 Å². The van der Waals surface area contributed by atoms with Crippen LogP contribution in [0, 0.1) is 5.92 Å². The summed E-state index contributed by atoms with van der Waals surface area (Å²) in [5, 5.41) is 3.81. The van der Waals surface area contributed by atoms with Crippen LogP contribution in [0.4, 0.5) is 17.2 Å². The molecule has 0 radical (unpaired) electrons. The molecule has 0 spiro atoms. The molecule has 0 bridgehead atoms. The summed E-state index contributed by atoms with van der Waals surface area (Å²) >= 11 is 9.45. The lowest BCUT2D eigenvalue weighted by molar-refractivity contribution is -0.120. The van der Waals surface area contributed by atoms with Gasteiger partial charge in [0.25, 0.3) is 0 Å². The SMILES string of the molecule is O=C(Nc1cc(Br)ccc1N1CCOCC1)C1CCN(c2ccc(Cl)cn2)CC1. The van der Waals surface area contributed by atoms with Crippen molar-refractivity contribution < 1.29 is 9.53 Å². The van der Waals surface area contributed by atoms with Crippen molar-refractivity contribution in [3.63, 3.8) is 0 Å². The highest BCUT2D eigenvalue weighted by Crippen LogP contribution is 2.31. The van der Waals surface area contributed by atoms with Crippen molar-refractivity contribution in [1.29, 1.82) is 0 Å². The predicted octanol–water partition coefficient (Wildman–Crippen LogP) is 4.19. The highest BCUT2D eigenvalue weighted by Gasteiger charge is 2.27. The van der Waals surface area contributed by atoms with Crippen molar-refractivity contribution in [2.24, 2.45) is 5.92 Å². The van der Waals surface area contributed by atoms with E-state index in [2.05, 4.69) is 42.1 Å². The van der Waals surface area contributed by atoms with Gasteiger partial charge in [-0.1, -0.05) is 27.5 Å². The topological polar surface area (TPSA) is 57.7 Å². The number of anilines is 3. The first-order valence-corrected chi connectivity index (χ1v) is 11.1. The molecule has 6 nitrogen and oxygen atoms in total. The van der Waals surface area contributed by atoms with E-state index < -0.39 is 0 Å². The molecule has 0 unspecified atom stereocenters. The van der Waals surface area contributed by atoms with Crippen molar-refractivity contribution in [3.05, 3.63) is 46.0 Å². The van der Waals surface area contributed by atoms with Gasteiger partial charge in [-0.3, -0.25) is 4.79 Å². The Bertz CT molecular complexity index is 850. The number of amides is 1. The Balaban J connectivity index is 1.40. The Morgan fingerprint density at radius 1 is 1.10 bits per heavy atom. The number of nitrogens with zero attached hydrogens (tertiary/aromatic N) is 3. The molecular weight excluding hydrogens is 456 g/mol. The number of halogens is 2. The molecule has 154 valence electrons. The summed E-state index contributed by atoms with van der Waals surface area (Å²) in [4.78, 5) is 21.8. The summed E-state index contributed by atoms with van der Waals surface area (Å²) in [5.74, 6) is 0.992. The summed E-state index contributed by atoms with van der Waals surface area (Å²) in [5.41, 5.74) is 1.90. The molecule has 0 saturated carbocycles. The average molecular weight is 480 g/mol. The quantitative estimate of drug-likeness (QED) is 0.713. The van der Waals surface area contributed by atoms with E-state index in [1.54, 1.807) is 6.20 Å². The van der Waals surface area contributed by atoms with Crippen molar-refractivity contribution in [3.8, 4) is 0 Å². The molecular formula is C21H24BrClN4O2. The van der Waals surface area contributed by atoms with Crippen LogP contribution in [0.3, 0.4) is 0 Å². The first-order valence-electron chi connectivity index (χ1n) is 9.90. The fourth-order valence-electron chi connectivity index (χ4n) is 3.85. The third-order valence-electron chi connectivity index (χ3n) is 5.47. The summed E-state index contributed by atoms with van der Waals surface area (Å²) < 4.78 is 6.41. The third-order valence-corrected chi connectivity index (χ3v) is 6.19. The maximum atomic E-state index is 13.0. The second-order valence-electron chi connectivity index (χ2n) is 7.35. The normalized spacial score (nSPS) is 18.0. The van der Waals surface area contributed by atoms with E-state index in [1.165, 1.54) is 0 Å². The molecule has 8 heteroatoms. The van der Waals surface area contributed by atoms with Crippen LogP contribution < -0.4 is 15.1 Å². The Morgan fingerprint density at radius 2 is 1.86 bits per heavy atom. The number of carbonyl (C=O) groups is 1. The molecule has 0 atom stereocenters. The van der Waals surface area contributed by atoms with Crippen LogP contribution >= 0.6 is 27.5 Å². The fraction of sp³-hybridized carbons (Fsp3) is 0.429. The monoisotopic (exact) mass is 478 g/mol. The maximum Gasteiger partial charge on any atom is 0.227 e. The van der Waals surface area contributed by atoms with Crippen LogP contribution in [0.25, 0.3) is 0 Å². The zero-order valence-electron chi connectivity index (χ0n) is 16.1. The summed E-state index contributed by atoms with van der Waals surface area (Å²) in [6.07, 6.45) is 3.27. The van der Waals surface area contributed by atoms with Crippen LogP contribution in [0.5, 0.6) is 0 Å². The fourth-order valence-corrected chi connectivity index (χ4v) is 4.32. The van der Waals surface area contributed by atoms with Crippen LogP contribution in [0.15, 0.2) is 41.0 Å². The molecule has 2 saturated heterocycles. The van der Waals surface area contributed by atoms with Crippen molar-refractivity contribution in [1.82, 2.24) is 4.98 Å². The molecule has 2 aromatic rings. The number of aromatic nitrogens is 1. The molecule has 2 fully saturated rings. The first-order chi connectivity index (χ1) is 14.1. The largest absolute Gasteiger partial charge is 0.378 e. The molecule has 3 heterocycles. The Hall–Kier alpha value is -1.83. The summed E-state index contributed by atoms with van der Waals surface area (Å²) in [7, 11) is 0. The molecule has 2 aliphatic heterocycles. The minimum Gasteiger partial charge on any atom is -0.378 e. The molecule has 1 amide bonds. The van der Waals surface area contributed by atoms with Gasteiger partial charge >= 0.3 is 0 Å². The number of ether oxygens (including phenoxy) is 1. The summed E-state index contributed by atoms with van der Waals surface area (Å²) in [6, 6.07) is 9.83. The predicted molar refractivity (Wildman–Crippen MR) is 120 cm³/mol. The Morgan fingerprint density at radius 3 is 2.55 bits per heavy atom. The van der Waals surface area contributed by atoms with Crippen LogP contribution in [-0.2, 0) is 9.53 Å². The van der Waals surface area contributed by atoms with Gasteiger partial charge in [-0.05, 0) is 43.2 Å². The van der Waals surface area contributed by atoms with Gasteiger partial charge < -0.3 is 19.9 Å². The molecule has 2 aliphatic rings. The Labute approximate surface area is 184 Å². The molecule has 29 heavy (non-hydrogen) atoms. The third kappa shape index (κ3) is 5.02. The van der Waals surface area contributed by atoms with Gasteiger partial charge in [0.1, 0.15) is 5.82 Å². The number of pyridine rings is 1. The van der Waals surface area contributed by atoms with E-state index >= 15 is 0 Å². The number of rotatable bonds is 4. The van der Waals surface area contributed by atoms with Crippen LogP contribution in [0.2, 0.25) is 5.02 Å². The molecule has 1 N–H and O–H groups in total. The van der Waals surface area contributed by atoms with E-state index in [9.17, 15) is 4.79 Å². The molecule has 4 rings (SSSR count). The van der Waals surface area contributed by atoms with E-state index in [0.717, 1.165) is 60.7 Å². The minimum atomic E-state index is -0.00456. The smallest absolute Gasteiger partial charge is 0.227 e. The average Bonchev–Trinajstić information content (AvgIpc) is 2.75. The van der Waals surface area contributed by atoms with Gasteiger partial charge in [0, 0.05) is 42.8 Å². The standard InChI is InChI=1S/C21H24BrClN4O2/c22-16-1-3-19(26-9-11-29-12-10-26)18(13-16)25-21(28)15-5-7-27(8-6-15)20-4-2-17(23)14-24-20/h1-4,13-15H,5-12H2,(H,25,28). The van der Waals surface area contributed by atoms with E-state index in [-0.39, 0.29) is 11.8 Å². The molecule has 0 aliphatic carbocycles. The van der Waals surface area contributed by atoms with Gasteiger partial charge in [-0.25, -0.2) is 4.98 Å². The number of benzene rings is 1. The number of hydrogen-bond donors (Lipinski definition) is 1. The lowest BCUT2D eigenvalue weighted by Gasteiger charge is -2.33. The zero-order valence-corrected chi connectivity index (χ0v) is 18.5. The van der Waals surface area contributed by atoms with Crippen molar-refractivity contribution in [2.75, 3.05) is 54.5 Å². The van der Waals surface area contributed by atoms with Gasteiger partial charge in [0.15, 0.2) is 0 Å². The number of carbonyl (C=O) groups excluding carboxylic acids is 1. The first kappa shape index (κ1) is 20.4. The van der Waals surface area contributed by atoms with Gasteiger partial charge in [0.05, 0.1) is 29.6 Å². The van der Waals surface area contributed by atoms with Crippen LogP contribution in [-0.4, -0.2) is 50.3 Å². The number of hydrogen-bond acceptors (Lipinski definition) is 5. The highest BCUT2D eigenvalue weighted by molar-refractivity contribution is 9.10. The molecule has 1 aromatic heterocycles. The number of piperidine rings is 1. The minimum absolute atomic E-state index is 0.00456. The second-order valence-corrected chi connectivity index (χ2v) is 8.70.